The van der Waals surface area contributed by atoms with Crippen LogP contribution in [0.3, 0.4) is 0 Å². The Hall–Kier alpha value is -4.43. The molecule has 13 nitrogen and oxygen atoms in total. The Bertz CT molecular complexity index is 1600. The van der Waals surface area contributed by atoms with E-state index in [9.17, 15) is 38.2 Å². The summed E-state index contributed by atoms with van der Waals surface area (Å²) in [6, 6.07) is 9.52. The average Bonchev–Trinajstić information content (AvgIpc) is 3.33. The van der Waals surface area contributed by atoms with Crippen LogP contribution in [0.4, 0.5) is 11.4 Å². The number of hydrogen-bond donors (Lipinski definition) is 1. The first kappa shape index (κ1) is 31.1. The van der Waals surface area contributed by atoms with Gasteiger partial charge in [0.25, 0.3) is 11.4 Å². The summed E-state index contributed by atoms with van der Waals surface area (Å²) >= 11 is 0. The van der Waals surface area contributed by atoms with E-state index in [1.807, 2.05) is 6.92 Å². The van der Waals surface area contributed by atoms with Crippen molar-refractivity contribution in [2.24, 2.45) is 5.92 Å². The Morgan fingerprint density at radius 1 is 1.15 bits per heavy atom. The lowest BCUT2D eigenvalue weighted by Gasteiger charge is -2.23. The number of para-hydroxylation sites is 1. The van der Waals surface area contributed by atoms with E-state index in [2.05, 4.69) is 11.6 Å². The molecule has 0 spiro atoms. The summed E-state index contributed by atoms with van der Waals surface area (Å²) < 4.78 is 33.5. The number of methoxy groups -OCH3 is 1. The highest BCUT2D eigenvalue weighted by Crippen LogP contribution is 2.32. The van der Waals surface area contributed by atoms with Gasteiger partial charge in [0.2, 0.25) is 10.0 Å². The maximum atomic E-state index is 13.8. The Labute approximate surface area is 236 Å². The first-order chi connectivity index (χ1) is 19.5. The second-order valence-corrected chi connectivity index (χ2v) is 11.2. The summed E-state index contributed by atoms with van der Waals surface area (Å²) in [5, 5.41) is 23.7. The highest BCUT2D eigenvalue weighted by molar-refractivity contribution is 7.89. The van der Waals surface area contributed by atoms with Gasteiger partial charge < -0.3 is 14.5 Å². The predicted octanol–water partition coefficient (Wildman–Crippen LogP) is 4.41. The van der Waals surface area contributed by atoms with Crippen molar-refractivity contribution in [3.63, 3.8) is 0 Å². The number of carbonyl (C=O) groups is 2. The van der Waals surface area contributed by atoms with Gasteiger partial charge in [-0.2, -0.15) is 4.31 Å². The summed E-state index contributed by atoms with van der Waals surface area (Å²) in [7, 11) is -3.32. The van der Waals surface area contributed by atoms with Crippen molar-refractivity contribution < 1.29 is 32.6 Å². The molecule has 0 aliphatic rings. The Kier molecular flexibility index (Phi) is 10.1. The van der Waals surface area contributed by atoms with Gasteiger partial charge in [0.1, 0.15) is 6.29 Å². The number of sulfonamides is 1. The number of aromatic amines is 1. The molecule has 218 valence electrons. The van der Waals surface area contributed by atoms with Gasteiger partial charge in [-0.15, -0.1) is 0 Å². The lowest BCUT2D eigenvalue weighted by atomic mass is 10.0. The van der Waals surface area contributed by atoms with Gasteiger partial charge in [0.05, 0.1) is 34.3 Å². The number of nitrogens with one attached hydrogen (secondary N) is 1. The van der Waals surface area contributed by atoms with Crippen LogP contribution in [0.5, 0.6) is 0 Å². The minimum Gasteiger partial charge on any atom is -0.465 e. The number of H-pyrrole nitrogens is 1. The fourth-order valence-electron chi connectivity index (χ4n) is 4.55. The van der Waals surface area contributed by atoms with Gasteiger partial charge in [-0.05, 0) is 43.4 Å². The third-order valence-corrected chi connectivity index (χ3v) is 8.77. The van der Waals surface area contributed by atoms with Crippen LogP contribution in [0.15, 0.2) is 53.9 Å². The number of aldehydes is 1. The molecule has 1 aromatic heterocycles. The molecule has 1 N–H and O–H groups in total. The molecular formula is C27H30N4O9S. The third-order valence-electron chi connectivity index (χ3n) is 6.83. The van der Waals surface area contributed by atoms with Crippen LogP contribution in [0.2, 0.25) is 0 Å². The van der Waals surface area contributed by atoms with E-state index in [1.165, 1.54) is 7.11 Å². The van der Waals surface area contributed by atoms with Crippen LogP contribution in [0.1, 0.15) is 37.4 Å². The molecule has 2 aromatic carbocycles. The number of fused-ring (bicyclic) bond motifs is 1. The van der Waals surface area contributed by atoms with E-state index in [0.717, 1.165) is 28.1 Å². The van der Waals surface area contributed by atoms with Crippen LogP contribution >= 0.6 is 0 Å². The SMILES string of the molecule is C=C(C(=O)OC)c1[nH]c2ccccc2c1CCN(CCCC(C=O)CC)S(=O)(=O)c1ccc([N+](=O)[O-])cc1[N+](=O)[O-]. The number of benzene rings is 2. The molecule has 41 heavy (non-hydrogen) atoms. The van der Waals surface area contributed by atoms with Crippen LogP contribution in [-0.4, -0.2) is 60.0 Å². The summed E-state index contributed by atoms with van der Waals surface area (Å²) in [6.45, 7) is 5.42. The van der Waals surface area contributed by atoms with Crippen molar-refractivity contribution in [2.75, 3.05) is 20.2 Å². The number of nitro groups is 2. The molecule has 3 aromatic rings. The molecule has 0 amide bonds. The number of nitrogens with zero attached hydrogens (tertiary/aromatic N) is 3. The minimum atomic E-state index is -4.53. The largest absolute Gasteiger partial charge is 0.465 e. The lowest BCUT2D eigenvalue weighted by molar-refractivity contribution is -0.396. The summed E-state index contributed by atoms with van der Waals surface area (Å²) in [5.74, 6) is -0.958. The van der Waals surface area contributed by atoms with Crippen molar-refractivity contribution in [1.29, 1.82) is 0 Å². The predicted molar refractivity (Wildman–Crippen MR) is 151 cm³/mol. The van der Waals surface area contributed by atoms with E-state index in [-0.39, 0.29) is 37.4 Å². The molecule has 14 heteroatoms. The fraction of sp³-hybridized carbons (Fsp3) is 0.333. The number of carbonyl (C=O) groups excluding carboxylic acids is 2. The molecule has 0 bridgehead atoms. The maximum Gasteiger partial charge on any atom is 0.339 e. The molecule has 0 aliphatic heterocycles. The molecular weight excluding hydrogens is 556 g/mol. The van der Waals surface area contributed by atoms with Gasteiger partial charge in [-0.25, -0.2) is 13.2 Å². The zero-order chi connectivity index (χ0) is 30.3. The van der Waals surface area contributed by atoms with Crippen molar-refractivity contribution in [3.05, 3.63) is 80.5 Å². The fourth-order valence-corrected chi connectivity index (χ4v) is 6.17. The number of aromatic nitrogens is 1. The van der Waals surface area contributed by atoms with Crippen molar-refractivity contribution in [1.82, 2.24) is 9.29 Å². The second-order valence-electron chi connectivity index (χ2n) is 9.26. The highest BCUT2D eigenvalue weighted by Gasteiger charge is 2.34. The number of nitro benzene ring substituents is 2. The van der Waals surface area contributed by atoms with Gasteiger partial charge in [0, 0.05) is 36.0 Å². The molecule has 1 unspecified atom stereocenters. The molecule has 0 saturated heterocycles. The van der Waals surface area contributed by atoms with E-state index in [0.29, 0.717) is 35.7 Å². The standard InChI is InChI=1S/C27H30N4O9S/c1-4-19(17-32)8-7-14-29(41(38,39)25-12-11-20(30(34)35)16-24(25)31(36)37)15-13-22-21-9-5-6-10-23(21)28-26(22)18(2)27(33)40-3/h5-6,9-12,16-17,19,28H,2,4,7-8,13-15H2,1,3H3. The number of rotatable bonds is 15. The Morgan fingerprint density at radius 2 is 1.85 bits per heavy atom. The van der Waals surface area contributed by atoms with E-state index in [1.54, 1.807) is 24.3 Å². The quantitative estimate of drug-likeness (QED) is 0.0886. The molecule has 0 fully saturated rings. The molecule has 0 aliphatic carbocycles. The molecule has 0 saturated carbocycles. The summed E-state index contributed by atoms with van der Waals surface area (Å²) in [6.07, 6.45) is 2.13. The first-order valence-corrected chi connectivity index (χ1v) is 14.2. The second kappa shape index (κ2) is 13.3. The smallest absolute Gasteiger partial charge is 0.339 e. The molecule has 3 rings (SSSR count). The summed E-state index contributed by atoms with van der Waals surface area (Å²) in [5.41, 5.74) is 0.132. The first-order valence-electron chi connectivity index (χ1n) is 12.7. The molecule has 1 heterocycles. The number of hydrogen-bond acceptors (Lipinski definition) is 9. The van der Waals surface area contributed by atoms with E-state index >= 15 is 0 Å². The topological polar surface area (TPSA) is 183 Å². The average molecular weight is 587 g/mol. The van der Waals surface area contributed by atoms with Crippen LogP contribution in [-0.2, 0) is 30.8 Å². The molecule has 0 radical (unpaired) electrons. The zero-order valence-electron chi connectivity index (χ0n) is 22.6. The van der Waals surface area contributed by atoms with Gasteiger partial charge in [-0.1, -0.05) is 31.7 Å². The zero-order valence-corrected chi connectivity index (χ0v) is 23.4. The number of non-ortho nitro benzene ring substituents is 1. The lowest BCUT2D eigenvalue weighted by Crippen LogP contribution is -2.34. The van der Waals surface area contributed by atoms with Crippen LogP contribution in [0, 0.1) is 26.1 Å². The minimum absolute atomic E-state index is 0.0379. The van der Waals surface area contributed by atoms with Crippen molar-refractivity contribution in [3.8, 4) is 0 Å². The van der Waals surface area contributed by atoms with Crippen molar-refractivity contribution in [2.45, 2.75) is 37.5 Å². The van der Waals surface area contributed by atoms with E-state index < -0.39 is 42.1 Å². The van der Waals surface area contributed by atoms with Crippen molar-refractivity contribution >= 4 is 50.1 Å². The van der Waals surface area contributed by atoms with Gasteiger partial charge >= 0.3 is 5.97 Å². The van der Waals surface area contributed by atoms with E-state index in [4.69, 9.17) is 4.74 Å². The highest BCUT2D eigenvalue weighted by atomic mass is 32.2. The Balaban J connectivity index is 2.06. The number of esters is 1. The molecule has 1 atom stereocenters. The Morgan fingerprint density at radius 3 is 2.46 bits per heavy atom. The summed E-state index contributed by atoms with van der Waals surface area (Å²) in [4.78, 5) is 47.1. The van der Waals surface area contributed by atoms with Gasteiger partial charge in [0.15, 0.2) is 4.90 Å². The van der Waals surface area contributed by atoms with Crippen LogP contribution in [0.25, 0.3) is 16.5 Å². The monoisotopic (exact) mass is 586 g/mol. The maximum absolute atomic E-state index is 13.8. The van der Waals surface area contributed by atoms with Gasteiger partial charge in [-0.3, -0.25) is 20.2 Å². The number of ether oxygens (including phenoxy) is 1. The third kappa shape index (κ3) is 6.84. The van der Waals surface area contributed by atoms with Crippen LogP contribution < -0.4 is 0 Å². The normalized spacial score (nSPS) is 12.3.